The van der Waals surface area contributed by atoms with Crippen molar-refractivity contribution in [1.82, 2.24) is 15.5 Å². The van der Waals surface area contributed by atoms with Crippen LogP contribution in [0.2, 0.25) is 0 Å². The van der Waals surface area contributed by atoms with Crippen molar-refractivity contribution in [3.63, 3.8) is 0 Å². The normalized spacial score (nSPS) is 11.7. The zero-order valence-electron chi connectivity index (χ0n) is 16.5. The number of carbonyl (C=O) groups is 2. The molecule has 0 saturated heterocycles. The summed E-state index contributed by atoms with van der Waals surface area (Å²) in [7, 11) is 0. The van der Waals surface area contributed by atoms with Gasteiger partial charge in [-0.25, -0.2) is 4.79 Å². The van der Waals surface area contributed by atoms with Gasteiger partial charge in [-0.05, 0) is 51.8 Å². The Bertz CT molecular complexity index is 563. The van der Waals surface area contributed by atoms with Gasteiger partial charge in [0.25, 0.3) is 5.91 Å². The van der Waals surface area contributed by atoms with E-state index in [1.807, 2.05) is 45.0 Å². The Morgan fingerprint density at radius 2 is 1.85 bits per heavy atom. The second-order valence-corrected chi connectivity index (χ2v) is 6.16. The third-order valence-corrected chi connectivity index (χ3v) is 4.39. The molecule has 6 heteroatoms. The second kappa shape index (κ2) is 12.3. The van der Waals surface area contributed by atoms with Crippen molar-refractivity contribution in [3.05, 3.63) is 35.4 Å². The first-order valence-corrected chi connectivity index (χ1v) is 9.52. The molecule has 0 aromatic heterocycles. The highest BCUT2D eigenvalue weighted by molar-refractivity contribution is 5.95. The number of amides is 2. The smallest absolute Gasteiger partial charge is 0.409 e. The minimum Gasteiger partial charge on any atom is -0.450 e. The molecule has 26 heavy (non-hydrogen) atoms. The van der Waals surface area contributed by atoms with Crippen LogP contribution in [-0.4, -0.2) is 55.7 Å². The van der Waals surface area contributed by atoms with Crippen LogP contribution in [0.25, 0.3) is 0 Å². The standard InChI is InChI=1S/C20H33N3O3/c1-5-17(23(6-2)20(25)26-7-3)12-13-21-14-15-22-19(24)18-11-9-8-10-16(18)4/h8-11,17,21H,5-7,12-15H2,1-4H3,(H,22,24). The summed E-state index contributed by atoms with van der Waals surface area (Å²) in [5, 5.41) is 6.25. The Balaban J connectivity index is 2.29. The number of rotatable bonds is 11. The van der Waals surface area contributed by atoms with Crippen molar-refractivity contribution in [2.24, 2.45) is 0 Å². The van der Waals surface area contributed by atoms with Gasteiger partial charge in [-0.15, -0.1) is 0 Å². The monoisotopic (exact) mass is 363 g/mol. The van der Waals surface area contributed by atoms with Crippen molar-refractivity contribution in [1.29, 1.82) is 0 Å². The first-order chi connectivity index (χ1) is 12.5. The van der Waals surface area contributed by atoms with E-state index >= 15 is 0 Å². The molecule has 1 unspecified atom stereocenters. The molecule has 1 aromatic rings. The molecule has 6 nitrogen and oxygen atoms in total. The summed E-state index contributed by atoms with van der Waals surface area (Å²) in [6.45, 7) is 10.9. The zero-order valence-corrected chi connectivity index (χ0v) is 16.5. The van der Waals surface area contributed by atoms with Crippen molar-refractivity contribution < 1.29 is 14.3 Å². The van der Waals surface area contributed by atoms with Crippen molar-refractivity contribution in [2.45, 2.75) is 46.6 Å². The van der Waals surface area contributed by atoms with Crippen LogP contribution >= 0.6 is 0 Å². The summed E-state index contributed by atoms with van der Waals surface area (Å²) in [4.78, 5) is 25.9. The van der Waals surface area contributed by atoms with Crippen LogP contribution in [0.1, 0.15) is 49.5 Å². The summed E-state index contributed by atoms with van der Waals surface area (Å²) < 4.78 is 5.12. The number of carbonyl (C=O) groups excluding carboxylic acids is 2. The van der Waals surface area contributed by atoms with Gasteiger partial charge in [-0.2, -0.15) is 0 Å². The molecule has 0 aliphatic heterocycles. The van der Waals surface area contributed by atoms with Crippen LogP contribution in [0.3, 0.4) is 0 Å². The lowest BCUT2D eigenvalue weighted by Crippen LogP contribution is -2.42. The van der Waals surface area contributed by atoms with Gasteiger partial charge >= 0.3 is 6.09 Å². The lowest BCUT2D eigenvalue weighted by Gasteiger charge is -2.29. The molecule has 0 aliphatic rings. The first-order valence-electron chi connectivity index (χ1n) is 9.52. The minimum absolute atomic E-state index is 0.0456. The largest absolute Gasteiger partial charge is 0.450 e. The Labute approximate surface area is 157 Å². The molecular weight excluding hydrogens is 330 g/mol. The van der Waals surface area contributed by atoms with E-state index < -0.39 is 0 Å². The maximum atomic E-state index is 12.1. The molecule has 0 heterocycles. The van der Waals surface area contributed by atoms with Gasteiger partial charge in [0, 0.05) is 31.2 Å². The summed E-state index contributed by atoms with van der Waals surface area (Å²) in [5.74, 6) is -0.0456. The van der Waals surface area contributed by atoms with Gasteiger partial charge in [0.15, 0.2) is 0 Å². The number of hydrogen-bond acceptors (Lipinski definition) is 4. The van der Waals surface area contributed by atoms with Gasteiger partial charge in [-0.1, -0.05) is 25.1 Å². The van der Waals surface area contributed by atoms with Gasteiger partial charge in [0.05, 0.1) is 6.61 Å². The number of hydrogen-bond donors (Lipinski definition) is 2. The Morgan fingerprint density at radius 3 is 2.46 bits per heavy atom. The van der Waals surface area contributed by atoms with E-state index in [-0.39, 0.29) is 18.0 Å². The van der Waals surface area contributed by atoms with Crippen LogP contribution < -0.4 is 10.6 Å². The second-order valence-electron chi connectivity index (χ2n) is 6.16. The van der Waals surface area contributed by atoms with Gasteiger partial charge in [-0.3, -0.25) is 4.79 Å². The van der Waals surface area contributed by atoms with E-state index in [0.29, 0.717) is 31.8 Å². The lowest BCUT2D eigenvalue weighted by atomic mass is 10.1. The molecule has 0 spiro atoms. The van der Waals surface area contributed by atoms with E-state index in [9.17, 15) is 9.59 Å². The zero-order chi connectivity index (χ0) is 19.4. The lowest BCUT2D eigenvalue weighted by molar-refractivity contribution is 0.0891. The van der Waals surface area contributed by atoms with Crippen LogP contribution in [0.5, 0.6) is 0 Å². The molecule has 1 aromatic carbocycles. The fourth-order valence-electron chi connectivity index (χ4n) is 2.90. The number of nitrogens with zero attached hydrogens (tertiary/aromatic N) is 1. The molecule has 1 rings (SSSR count). The van der Waals surface area contributed by atoms with E-state index in [1.54, 1.807) is 4.90 Å². The molecule has 0 saturated carbocycles. The Kier molecular flexibility index (Phi) is 10.4. The fraction of sp³-hybridized carbons (Fsp3) is 0.600. The molecule has 0 radical (unpaired) electrons. The van der Waals surface area contributed by atoms with Crippen molar-refractivity contribution in [2.75, 3.05) is 32.8 Å². The number of aryl methyl sites for hydroxylation is 1. The fourth-order valence-corrected chi connectivity index (χ4v) is 2.90. The Morgan fingerprint density at radius 1 is 1.12 bits per heavy atom. The van der Waals surface area contributed by atoms with E-state index in [0.717, 1.165) is 24.9 Å². The van der Waals surface area contributed by atoms with Gasteiger partial charge < -0.3 is 20.3 Å². The minimum atomic E-state index is -0.243. The topological polar surface area (TPSA) is 70.7 Å². The predicted octanol–water partition coefficient (Wildman–Crippen LogP) is 2.96. The summed E-state index contributed by atoms with van der Waals surface area (Å²) in [6.07, 6.45) is 1.50. The van der Waals surface area contributed by atoms with Crippen LogP contribution in [0.15, 0.2) is 24.3 Å². The molecule has 146 valence electrons. The average Bonchev–Trinajstić information content (AvgIpc) is 2.63. The molecule has 0 bridgehead atoms. The van der Waals surface area contributed by atoms with Crippen molar-refractivity contribution in [3.8, 4) is 0 Å². The predicted molar refractivity (Wildman–Crippen MR) is 104 cm³/mol. The van der Waals surface area contributed by atoms with Crippen LogP contribution in [0, 0.1) is 6.92 Å². The van der Waals surface area contributed by atoms with E-state index in [1.165, 1.54) is 0 Å². The number of ether oxygens (including phenoxy) is 1. The first kappa shape index (κ1) is 22.0. The van der Waals surface area contributed by atoms with Gasteiger partial charge in [0.2, 0.25) is 0 Å². The highest BCUT2D eigenvalue weighted by Gasteiger charge is 2.21. The molecular formula is C20H33N3O3. The van der Waals surface area contributed by atoms with Crippen LogP contribution in [-0.2, 0) is 4.74 Å². The van der Waals surface area contributed by atoms with Crippen LogP contribution in [0.4, 0.5) is 4.79 Å². The summed E-state index contributed by atoms with van der Waals surface area (Å²) in [6, 6.07) is 7.72. The molecule has 2 amide bonds. The highest BCUT2D eigenvalue weighted by atomic mass is 16.6. The van der Waals surface area contributed by atoms with E-state index in [2.05, 4.69) is 17.6 Å². The van der Waals surface area contributed by atoms with E-state index in [4.69, 9.17) is 4.74 Å². The molecule has 1 atom stereocenters. The molecule has 0 aliphatic carbocycles. The third-order valence-electron chi connectivity index (χ3n) is 4.39. The van der Waals surface area contributed by atoms with Crippen molar-refractivity contribution >= 4 is 12.0 Å². The summed E-state index contributed by atoms with van der Waals surface area (Å²) >= 11 is 0. The molecule has 2 N–H and O–H groups in total. The Hall–Kier alpha value is -2.08. The number of benzene rings is 1. The quantitative estimate of drug-likeness (QED) is 0.593. The maximum Gasteiger partial charge on any atom is 0.409 e. The maximum absolute atomic E-state index is 12.1. The highest BCUT2D eigenvalue weighted by Crippen LogP contribution is 2.10. The summed E-state index contributed by atoms with van der Waals surface area (Å²) in [5.41, 5.74) is 1.69. The SMILES string of the molecule is CCOC(=O)N(CC)C(CC)CCNCCNC(=O)c1ccccc1C. The van der Waals surface area contributed by atoms with Gasteiger partial charge in [0.1, 0.15) is 0 Å². The number of nitrogens with one attached hydrogen (secondary N) is 2. The third kappa shape index (κ3) is 7.04. The average molecular weight is 364 g/mol. The molecule has 0 fully saturated rings.